The molecule has 1 saturated carbocycles. The average molecular weight is 229 g/mol. The lowest BCUT2D eigenvalue weighted by molar-refractivity contribution is 0.0149. The van der Waals surface area contributed by atoms with Gasteiger partial charge in [0.25, 0.3) is 0 Å². The van der Waals surface area contributed by atoms with Crippen LogP contribution >= 0.6 is 0 Å². The zero-order valence-corrected chi connectivity index (χ0v) is 11.0. The Kier molecular flexibility index (Phi) is 5.22. The van der Waals surface area contributed by atoms with Gasteiger partial charge in [-0.3, -0.25) is 0 Å². The Morgan fingerprint density at radius 1 is 1.31 bits per heavy atom. The minimum Gasteiger partial charge on any atom is -0.396 e. The van der Waals surface area contributed by atoms with Crippen LogP contribution in [-0.4, -0.2) is 37.5 Å². The Morgan fingerprint density at radius 2 is 1.94 bits per heavy atom. The molecule has 16 heavy (non-hydrogen) atoms. The zero-order valence-electron chi connectivity index (χ0n) is 11.0. The topological polar surface area (TPSA) is 41.5 Å². The Bertz CT molecular complexity index is 198. The van der Waals surface area contributed by atoms with Gasteiger partial charge < -0.3 is 15.2 Å². The molecule has 0 aromatic rings. The molecule has 0 spiro atoms. The second-order valence-electron chi connectivity index (χ2n) is 5.76. The van der Waals surface area contributed by atoms with Gasteiger partial charge >= 0.3 is 0 Å². The van der Waals surface area contributed by atoms with Crippen molar-refractivity contribution in [1.82, 2.24) is 5.32 Å². The molecule has 0 aromatic heterocycles. The number of aliphatic hydroxyl groups is 1. The number of aliphatic hydroxyl groups excluding tert-OH is 1. The predicted molar refractivity (Wildman–Crippen MR) is 66.6 cm³/mol. The predicted octanol–water partition coefficient (Wildman–Crippen LogP) is 1.94. The molecule has 3 nitrogen and oxygen atoms in total. The number of nitrogens with one attached hydrogen (secondary N) is 1. The molecule has 0 radical (unpaired) electrons. The van der Waals surface area contributed by atoms with E-state index in [2.05, 4.69) is 19.2 Å². The first kappa shape index (κ1) is 13.9. The molecule has 3 heteroatoms. The van der Waals surface area contributed by atoms with Crippen molar-refractivity contribution in [1.29, 1.82) is 0 Å². The highest BCUT2D eigenvalue weighted by Gasteiger charge is 2.32. The molecule has 0 amide bonds. The second-order valence-corrected chi connectivity index (χ2v) is 5.76. The summed E-state index contributed by atoms with van der Waals surface area (Å²) in [7, 11) is 1.76. The van der Waals surface area contributed by atoms with E-state index in [1.807, 2.05) is 0 Å². The van der Waals surface area contributed by atoms with Crippen LogP contribution in [0.2, 0.25) is 0 Å². The molecule has 1 fully saturated rings. The van der Waals surface area contributed by atoms with Crippen LogP contribution in [0.3, 0.4) is 0 Å². The van der Waals surface area contributed by atoms with Crippen molar-refractivity contribution in [3.63, 3.8) is 0 Å². The lowest BCUT2D eigenvalue weighted by atomic mass is 9.87. The molecular formula is C13H27NO2. The third-order valence-electron chi connectivity index (χ3n) is 3.96. The highest BCUT2D eigenvalue weighted by molar-refractivity contribution is 4.86. The van der Waals surface area contributed by atoms with Gasteiger partial charge in [0.15, 0.2) is 0 Å². The molecule has 1 rings (SSSR count). The minimum atomic E-state index is -0.0466. The van der Waals surface area contributed by atoms with Crippen LogP contribution < -0.4 is 5.32 Å². The monoisotopic (exact) mass is 229 g/mol. The minimum absolute atomic E-state index is 0.0466. The fourth-order valence-electron chi connectivity index (χ4n) is 2.36. The Labute approximate surface area is 99.6 Å². The van der Waals surface area contributed by atoms with Crippen molar-refractivity contribution in [3.8, 4) is 0 Å². The van der Waals surface area contributed by atoms with E-state index in [4.69, 9.17) is 4.74 Å². The molecule has 0 atom stereocenters. The van der Waals surface area contributed by atoms with Crippen molar-refractivity contribution >= 4 is 0 Å². The molecule has 0 bridgehead atoms. The van der Waals surface area contributed by atoms with Crippen molar-refractivity contribution in [2.45, 2.75) is 51.6 Å². The van der Waals surface area contributed by atoms with Crippen LogP contribution in [0.25, 0.3) is 0 Å². The number of rotatable bonds is 7. The molecule has 0 heterocycles. The first-order valence-electron chi connectivity index (χ1n) is 6.40. The molecule has 0 aromatic carbocycles. The first-order chi connectivity index (χ1) is 7.54. The third-order valence-corrected chi connectivity index (χ3v) is 3.96. The van der Waals surface area contributed by atoms with E-state index in [9.17, 15) is 5.11 Å². The molecule has 96 valence electrons. The summed E-state index contributed by atoms with van der Waals surface area (Å²) in [6, 6.07) is 0. The van der Waals surface area contributed by atoms with Crippen LogP contribution in [0.15, 0.2) is 0 Å². The molecule has 2 N–H and O–H groups in total. The summed E-state index contributed by atoms with van der Waals surface area (Å²) in [6.07, 6.45) is 5.89. The van der Waals surface area contributed by atoms with E-state index >= 15 is 0 Å². The third kappa shape index (κ3) is 4.04. The molecule has 1 aliphatic carbocycles. The summed E-state index contributed by atoms with van der Waals surface area (Å²) in [5, 5.41) is 12.9. The van der Waals surface area contributed by atoms with Crippen molar-refractivity contribution in [2.24, 2.45) is 5.41 Å². The summed E-state index contributed by atoms with van der Waals surface area (Å²) in [4.78, 5) is 0. The van der Waals surface area contributed by atoms with Gasteiger partial charge in [-0.1, -0.05) is 12.8 Å². The smallest absolute Gasteiger partial charge is 0.0634 e. The zero-order chi connectivity index (χ0) is 12.1. The normalized spacial score (nSPS) is 20.2. The quantitative estimate of drug-likeness (QED) is 0.656. The summed E-state index contributed by atoms with van der Waals surface area (Å²) in [5.74, 6) is 0. The van der Waals surface area contributed by atoms with E-state index in [1.54, 1.807) is 7.11 Å². The van der Waals surface area contributed by atoms with Crippen LogP contribution in [0.1, 0.15) is 46.0 Å². The van der Waals surface area contributed by atoms with Gasteiger partial charge in [-0.25, -0.2) is 0 Å². The number of hydrogen-bond donors (Lipinski definition) is 2. The second kappa shape index (κ2) is 5.99. The first-order valence-corrected chi connectivity index (χ1v) is 6.40. The van der Waals surface area contributed by atoms with Crippen LogP contribution in [0.4, 0.5) is 0 Å². The molecule has 0 saturated heterocycles. The van der Waals surface area contributed by atoms with Gasteiger partial charge in [-0.05, 0) is 39.7 Å². The molecule has 1 aliphatic rings. The average Bonchev–Trinajstić information content (AvgIpc) is 2.74. The van der Waals surface area contributed by atoms with E-state index in [1.165, 1.54) is 25.7 Å². The largest absolute Gasteiger partial charge is 0.396 e. The van der Waals surface area contributed by atoms with Crippen molar-refractivity contribution in [3.05, 3.63) is 0 Å². The van der Waals surface area contributed by atoms with Gasteiger partial charge in [0.2, 0.25) is 0 Å². The van der Waals surface area contributed by atoms with Crippen molar-refractivity contribution < 1.29 is 9.84 Å². The van der Waals surface area contributed by atoms with Gasteiger partial charge in [-0.2, -0.15) is 0 Å². The van der Waals surface area contributed by atoms with Crippen LogP contribution in [-0.2, 0) is 4.74 Å². The van der Waals surface area contributed by atoms with Gasteiger partial charge in [-0.15, -0.1) is 0 Å². The summed E-state index contributed by atoms with van der Waals surface area (Å²) in [6.45, 7) is 6.44. The maximum absolute atomic E-state index is 9.46. The standard InChI is InChI=1S/C13H27NO2/c1-12(2,16-3)8-9-14-10-13(11-15)6-4-5-7-13/h14-15H,4-11H2,1-3H3. The molecule has 0 unspecified atom stereocenters. The van der Waals surface area contributed by atoms with Crippen molar-refractivity contribution in [2.75, 3.05) is 26.8 Å². The number of methoxy groups -OCH3 is 1. The lowest BCUT2D eigenvalue weighted by Crippen LogP contribution is -2.37. The van der Waals surface area contributed by atoms with Crippen LogP contribution in [0.5, 0.6) is 0 Å². The number of hydrogen-bond acceptors (Lipinski definition) is 3. The van der Waals surface area contributed by atoms with Crippen LogP contribution in [0, 0.1) is 5.41 Å². The Balaban J connectivity index is 2.19. The van der Waals surface area contributed by atoms with Gasteiger partial charge in [0.1, 0.15) is 0 Å². The summed E-state index contributed by atoms with van der Waals surface area (Å²) >= 11 is 0. The fraction of sp³-hybridized carbons (Fsp3) is 1.00. The highest BCUT2D eigenvalue weighted by Crippen LogP contribution is 2.36. The molecular weight excluding hydrogens is 202 g/mol. The Morgan fingerprint density at radius 3 is 2.44 bits per heavy atom. The summed E-state index contributed by atoms with van der Waals surface area (Å²) < 4.78 is 5.37. The summed E-state index contributed by atoms with van der Waals surface area (Å²) in [5.41, 5.74) is 0.117. The maximum Gasteiger partial charge on any atom is 0.0634 e. The van der Waals surface area contributed by atoms with E-state index in [0.29, 0.717) is 6.61 Å². The molecule has 0 aliphatic heterocycles. The van der Waals surface area contributed by atoms with E-state index < -0.39 is 0 Å². The van der Waals surface area contributed by atoms with Gasteiger partial charge in [0.05, 0.1) is 5.60 Å². The fourth-order valence-corrected chi connectivity index (χ4v) is 2.36. The highest BCUT2D eigenvalue weighted by atomic mass is 16.5. The van der Waals surface area contributed by atoms with E-state index in [0.717, 1.165) is 19.5 Å². The van der Waals surface area contributed by atoms with Gasteiger partial charge in [0, 0.05) is 25.7 Å². The number of ether oxygens (including phenoxy) is 1. The Hall–Kier alpha value is -0.120. The van der Waals surface area contributed by atoms with E-state index in [-0.39, 0.29) is 11.0 Å². The SMILES string of the molecule is COC(C)(C)CCNCC1(CO)CCCC1. The lowest BCUT2D eigenvalue weighted by Gasteiger charge is -2.28. The maximum atomic E-state index is 9.46.